The Labute approximate surface area is 114 Å². The normalized spacial score (nSPS) is 17.3. The highest BCUT2D eigenvalue weighted by Crippen LogP contribution is 2.17. The number of hydrogen-bond acceptors (Lipinski definition) is 4. The van der Waals surface area contributed by atoms with Gasteiger partial charge < -0.3 is 10.7 Å². The number of hydrazine groups is 1. The number of pyridine rings is 1. The molecule has 1 aromatic heterocycles. The van der Waals surface area contributed by atoms with Crippen molar-refractivity contribution >= 4 is 11.6 Å². The summed E-state index contributed by atoms with van der Waals surface area (Å²) in [6, 6.07) is 3.73. The predicted octanol–water partition coefficient (Wildman–Crippen LogP) is 2.21. The van der Waals surface area contributed by atoms with Crippen molar-refractivity contribution in [2.75, 3.05) is 5.43 Å². The second-order valence-corrected chi connectivity index (χ2v) is 5.09. The summed E-state index contributed by atoms with van der Waals surface area (Å²) < 4.78 is 0. The summed E-state index contributed by atoms with van der Waals surface area (Å²) in [5.41, 5.74) is 3.64. The fourth-order valence-corrected chi connectivity index (χ4v) is 2.47. The molecule has 1 aliphatic rings. The van der Waals surface area contributed by atoms with E-state index >= 15 is 0 Å². The Balaban J connectivity index is 1.91. The van der Waals surface area contributed by atoms with E-state index in [4.69, 9.17) is 5.84 Å². The van der Waals surface area contributed by atoms with Crippen molar-refractivity contribution in [3.63, 3.8) is 0 Å². The number of nitrogens with zero attached hydrogens (tertiary/aromatic N) is 1. The number of nitrogens with two attached hydrogens (primary N) is 1. The highest BCUT2D eigenvalue weighted by Gasteiger charge is 2.15. The average Bonchev–Trinajstić information content (AvgIpc) is 2.41. The first-order valence-corrected chi connectivity index (χ1v) is 7.03. The SMILES string of the molecule is NNc1ccc(C(=O)NC2CCCCCCC2)nc1. The highest BCUT2D eigenvalue weighted by atomic mass is 16.1. The third kappa shape index (κ3) is 4.21. The van der Waals surface area contributed by atoms with Crippen molar-refractivity contribution in [3.8, 4) is 0 Å². The lowest BCUT2D eigenvalue weighted by Crippen LogP contribution is -2.35. The molecule has 1 saturated carbocycles. The first-order valence-electron chi connectivity index (χ1n) is 7.03. The molecular formula is C14H22N4O. The van der Waals surface area contributed by atoms with E-state index in [-0.39, 0.29) is 5.91 Å². The molecule has 0 saturated heterocycles. The lowest BCUT2D eigenvalue weighted by molar-refractivity contribution is 0.0925. The molecule has 104 valence electrons. The zero-order valence-electron chi connectivity index (χ0n) is 11.2. The fraction of sp³-hybridized carbons (Fsp3) is 0.571. The third-order valence-electron chi connectivity index (χ3n) is 3.60. The maximum absolute atomic E-state index is 12.1. The van der Waals surface area contributed by atoms with Crippen LogP contribution in [0.2, 0.25) is 0 Å². The molecule has 0 radical (unpaired) electrons. The van der Waals surface area contributed by atoms with Crippen LogP contribution < -0.4 is 16.6 Å². The molecule has 19 heavy (non-hydrogen) atoms. The van der Waals surface area contributed by atoms with Crippen LogP contribution in [-0.2, 0) is 0 Å². The van der Waals surface area contributed by atoms with Crippen molar-refractivity contribution in [1.29, 1.82) is 0 Å². The number of aromatic nitrogens is 1. The van der Waals surface area contributed by atoms with Gasteiger partial charge in [-0.1, -0.05) is 32.1 Å². The van der Waals surface area contributed by atoms with Gasteiger partial charge in [0.1, 0.15) is 5.69 Å². The number of amides is 1. The zero-order chi connectivity index (χ0) is 13.5. The monoisotopic (exact) mass is 262 g/mol. The molecule has 0 aromatic carbocycles. The van der Waals surface area contributed by atoms with Gasteiger partial charge in [0.2, 0.25) is 0 Å². The van der Waals surface area contributed by atoms with Gasteiger partial charge in [-0.15, -0.1) is 0 Å². The van der Waals surface area contributed by atoms with Gasteiger partial charge in [-0.2, -0.15) is 0 Å². The first kappa shape index (κ1) is 13.8. The summed E-state index contributed by atoms with van der Waals surface area (Å²) in [7, 11) is 0. The number of rotatable bonds is 3. The Kier molecular flexibility index (Phi) is 5.15. The van der Waals surface area contributed by atoms with Crippen molar-refractivity contribution in [2.45, 2.75) is 51.0 Å². The van der Waals surface area contributed by atoms with E-state index < -0.39 is 0 Å². The second kappa shape index (κ2) is 7.09. The maximum Gasteiger partial charge on any atom is 0.270 e. The molecule has 1 aliphatic carbocycles. The largest absolute Gasteiger partial charge is 0.348 e. The van der Waals surface area contributed by atoms with Gasteiger partial charge in [0.05, 0.1) is 11.9 Å². The van der Waals surface area contributed by atoms with Gasteiger partial charge >= 0.3 is 0 Å². The lowest BCUT2D eigenvalue weighted by Gasteiger charge is -2.20. The van der Waals surface area contributed by atoms with Crippen LogP contribution in [0.3, 0.4) is 0 Å². The van der Waals surface area contributed by atoms with E-state index in [1.165, 1.54) is 32.1 Å². The molecule has 0 unspecified atom stereocenters. The van der Waals surface area contributed by atoms with E-state index in [0.29, 0.717) is 17.4 Å². The molecule has 2 rings (SSSR count). The van der Waals surface area contributed by atoms with Crippen LogP contribution in [0.4, 0.5) is 5.69 Å². The summed E-state index contributed by atoms with van der Waals surface area (Å²) in [6.45, 7) is 0. The van der Waals surface area contributed by atoms with E-state index in [1.807, 2.05) is 0 Å². The van der Waals surface area contributed by atoms with E-state index in [1.54, 1.807) is 18.3 Å². The van der Waals surface area contributed by atoms with Crippen LogP contribution in [0.1, 0.15) is 55.4 Å². The Hall–Kier alpha value is -1.62. The summed E-state index contributed by atoms with van der Waals surface area (Å²) in [5, 5.41) is 3.09. The minimum absolute atomic E-state index is 0.0888. The second-order valence-electron chi connectivity index (χ2n) is 5.09. The molecule has 1 heterocycles. The van der Waals surface area contributed by atoms with Gasteiger partial charge in [0.25, 0.3) is 5.91 Å². The van der Waals surface area contributed by atoms with Crippen molar-refractivity contribution in [3.05, 3.63) is 24.0 Å². The molecule has 5 nitrogen and oxygen atoms in total. The van der Waals surface area contributed by atoms with Gasteiger partial charge in [0, 0.05) is 6.04 Å². The Morgan fingerprint density at radius 3 is 2.42 bits per heavy atom. The van der Waals surface area contributed by atoms with E-state index in [2.05, 4.69) is 15.7 Å². The number of nitrogen functional groups attached to an aromatic ring is 1. The molecule has 1 amide bonds. The molecule has 5 heteroatoms. The minimum Gasteiger partial charge on any atom is -0.348 e. The summed E-state index contributed by atoms with van der Waals surface area (Å²) in [6.07, 6.45) is 10.0. The smallest absolute Gasteiger partial charge is 0.270 e. The van der Waals surface area contributed by atoms with Gasteiger partial charge in [0.15, 0.2) is 0 Å². The zero-order valence-corrected chi connectivity index (χ0v) is 11.2. The van der Waals surface area contributed by atoms with Gasteiger partial charge in [-0.05, 0) is 25.0 Å². The van der Waals surface area contributed by atoms with Crippen molar-refractivity contribution in [2.24, 2.45) is 5.84 Å². The van der Waals surface area contributed by atoms with Gasteiger partial charge in [-0.3, -0.25) is 10.6 Å². The maximum atomic E-state index is 12.1. The first-order chi connectivity index (χ1) is 9.29. The molecule has 0 aliphatic heterocycles. The lowest BCUT2D eigenvalue weighted by atomic mass is 9.96. The van der Waals surface area contributed by atoms with Crippen LogP contribution in [0.25, 0.3) is 0 Å². The van der Waals surface area contributed by atoms with Crippen LogP contribution in [0, 0.1) is 0 Å². The van der Waals surface area contributed by atoms with Crippen molar-refractivity contribution < 1.29 is 4.79 Å². The van der Waals surface area contributed by atoms with Crippen LogP contribution in [-0.4, -0.2) is 16.9 Å². The van der Waals surface area contributed by atoms with Gasteiger partial charge in [-0.25, -0.2) is 4.98 Å². The highest BCUT2D eigenvalue weighted by molar-refractivity contribution is 5.92. The summed E-state index contributed by atoms with van der Waals surface area (Å²) >= 11 is 0. The number of anilines is 1. The van der Waals surface area contributed by atoms with Crippen molar-refractivity contribution in [1.82, 2.24) is 10.3 Å². The van der Waals surface area contributed by atoms with Crippen LogP contribution >= 0.6 is 0 Å². The molecule has 4 N–H and O–H groups in total. The van der Waals surface area contributed by atoms with Crippen LogP contribution in [0.15, 0.2) is 18.3 Å². The molecule has 0 bridgehead atoms. The molecule has 1 fully saturated rings. The Morgan fingerprint density at radius 1 is 1.16 bits per heavy atom. The van der Waals surface area contributed by atoms with Crippen LogP contribution in [0.5, 0.6) is 0 Å². The number of carbonyl (C=O) groups is 1. The molecule has 1 aromatic rings. The number of carbonyl (C=O) groups excluding carboxylic acids is 1. The van der Waals surface area contributed by atoms with E-state index in [0.717, 1.165) is 12.8 Å². The number of hydrogen-bond donors (Lipinski definition) is 3. The summed E-state index contributed by atoms with van der Waals surface area (Å²) in [4.78, 5) is 16.2. The molecule has 0 spiro atoms. The summed E-state index contributed by atoms with van der Waals surface area (Å²) in [5.74, 6) is 5.18. The topological polar surface area (TPSA) is 80.0 Å². The fourth-order valence-electron chi connectivity index (χ4n) is 2.47. The number of nitrogens with one attached hydrogen (secondary N) is 2. The Morgan fingerprint density at radius 2 is 1.84 bits per heavy atom. The minimum atomic E-state index is -0.0888. The molecular weight excluding hydrogens is 240 g/mol. The quantitative estimate of drug-likeness (QED) is 0.576. The molecule has 0 atom stereocenters. The van der Waals surface area contributed by atoms with E-state index in [9.17, 15) is 4.79 Å². The Bertz CT molecular complexity index is 396. The third-order valence-corrected chi connectivity index (χ3v) is 3.60. The predicted molar refractivity (Wildman–Crippen MR) is 75.6 cm³/mol. The standard InChI is InChI=1S/C14H22N4O/c15-18-12-8-9-13(16-10-12)14(19)17-11-6-4-2-1-3-5-7-11/h8-11,18H,1-7,15H2,(H,17,19). The average molecular weight is 262 g/mol.